The van der Waals surface area contributed by atoms with Crippen molar-refractivity contribution in [2.45, 2.75) is 18.9 Å². The summed E-state index contributed by atoms with van der Waals surface area (Å²) in [5.41, 5.74) is 0. The lowest BCUT2D eigenvalue weighted by Gasteiger charge is -2.13. The smallest absolute Gasteiger partial charge is 0.407 e. The Morgan fingerprint density at radius 2 is 2.50 bits per heavy atom. The summed E-state index contributed by atoms with van der Waals surface area (Å²) in [5, 5.41) is 12.0. The summed E-state index contributed by atoms with van der Waals surface area (Å²) >= 11 is 0. The van der Waals surface area contributed by atoms with Crippen LogP contribution in [-0.4, -0.2) is 55.5 Å². The van der Waals surface area contributed by atoms with Crippen LogP contribution in [0.25, 0.3) is 0 Å². The fraction of sp³-hybridized carbons (Fsp3) is 0.889. The summed E-state index contributed by atoms with van der Waals surface area (Å²) in [6, 6.07) is 0.322. The molecule has 1 rings (SSSR count). The van der Waals surface area contributed by atoms with Crippen LogP contribution in [0.15, 0.2) is 0 Å². The van der Waals surface area contributed by atoms with Gasteiger partial charge in [-0.2, -0.15) is 0 Å². The molecule has 1 amide bonds. The van der Waals surface area contributed by atoms with E-state index in [4.69, 9.17) is 9.84 Å². The first kappa shape index (κ1) is 11.3. The molecular formula is C9H18N2O3. The number of nitrogens with zero attached hydrogens (tertiary/aromatic N) is 1. The number of likely N-dealkylation sites (tertiary alicyclic amines) is 1. The van der Waals surface area contributed by atoms with Gasteiger partial charge in [0.1, 0.15) is 0 Å². The summed E-state index contributed by atoms with van der Waals surface area (Å²) in [4.78, 5) is 12.1. The van der Waals surface area contributed by atoms with Crippen LogP contribution in [0.1, 0.15) is 12.8 Å². The van der Waals surface area contributed by atoms with Crippen molar-refractivity contribution in [1.82, 2.24) is 10.2 Å². The second-order valence-corrected chi connectivity index (χ2v) is 3.51. The lowest BCUT2D eigenvalue weighted by atomic mass is 10.2. The maximum absolute atomic E-state index is 10.6. The normalized spacial score (nSPS) is 21.5. The zero-order chi connectivity index (χ0) is 10.4. The molecule has 1 saturated heterocycles. The third-order valence-electron chi connectivity index (χ3n) is 2.42. The van der Waals surface area contributed by atoms with Crippen molar-refractivity contribution < 1.29 is 14.6 Å². The highest BCUT2D eigenvalue weighted by Gasteiger charge is 2.24. The van der Waals surface area contributed by atoms with Crippen LogP contribution in [0.5, 0.6) is 0 Å². The Morgan fingerprint density at radius 1 is 1.71 bits per heavy atom. The molecule has 1 aliphatic heterocycles. The van der Waals surface area contributed by atoms with Crippen LogP contribution in [0, 0.1) is 0 Å². The van der Waals surface area contributed by atoms with Crippen molar-refractivity contribution in [2.75, 3.05) is 33.4 Å². The van der Waals surface area contributed by atoms with Crippen LogP contribution in [0.3, 0.4) is 0 Å². The number of rotatable bonds is 5. The van der Waals surface area contributed by atoms with E-state index in [1.54, 1.807) is 7.11 Å². The fourth-order valence-corrected chi connectivity index (χ4v) is 1.62. The van der Waals surface area contributed by atoms with Gasteiger partial charge in [0, 0.05) is 32.8 Å². The van der Waals surface area contributed by atoms with Crippen LogP contribution in [0.2, 0.25) is 0 Å². The Morgan fingerprint density at radius 3 is 3.07 bits per heavy atom. The van der Waals surface area contributed by atoms with Gasteiger partial charge in [-0.25, -0.2) is 4.79 Å². The second-order valence-electron chi connectivity index (χ2n) is 3.51. The molecule has 1 heterocycles. The monoisotopic (exact) mass is 202 g/mol. The predicted molar refractivity (Wildman–Crippen MR) is 52.5 cm³/mol. The minimum atomic E-state index is -0.814. The van der Waals surface area contributed by atoms with Gasteiger partial charge in [-0.1, -0.05) is 0 Å². The van der Waals surface area contributed by atoms with Gasteiger partial charge in [0.2, 0.25) is 0 Å². The molecule has 0 saturated carbocycles. The van der Waals surface area contributed by atoms with E-state index < -0.39 is 6.09 Å². The molecule has 0 aliphatic carbocycles. The maximum atomic E-state index is 10.6. The number of methoxy groups -OCH3 is 1. The third kappa shape index (κ3) is 3.51. The molecular weight excluding hydrogens is 184 g/mol. The molecule has 82 valence electrons. The SMILES string of the molecule is COCCCN[C@H]1CCN(C(=O)O)C1. The molecule has 0 aromatic rings. The Balaban J connectivity index is 2.07. The predicted octanol–water partition coefficient (Wildman–Crippen LogP) is 0.365. The maximum Gasteiger partial charge on any atom is 0.407 e. The quantitative estimate of drug-likeness (QED) is 0.632. The fourth-order valence-electron chi connectivity index (χ4n) is 1.62. The summed E-state index contributed by atoms with van der Waals surface area (Å²) in [6.45, 7) is 2.91. The van der Waals surface area contributed by atoms with E-state index in [1.165, 1.54) is 4.90 Å². The van der Waals surface area contributed by atoms with Gasteiger partial charge < -0.3 is 20.1 Å². The van der Waals surface area contributed by atoms with E-state index in [0.717, 1.165) is 26.0 Å². The van der Waals surface area contributed by atoms with Gasteiger partial charge in [0.15, 0.2) is 0 Å². The number of nitrogens with one attached hydrogen (secondary N) is 1. The Hall–Kier alpha value is -0.810. The average molecular weight is 202 g/mol. The first-order valence-corrected chi connectivity index (χ1v) is 4.94. The molecule has 1 fully saturated rings. The van der Waals surface area contributed by atoms with Crippen LogP contribution >= 0.6 is 0 Å². The number of hydrogen-bond donors (Lipinski definition) is 2. The van der Waals surface area contributed by atoms with Gasteiger partial charge >= 0.3 is 6.09 Å². The summed E-state index contributed by atoms with van der Waals surface area (Å²) in [7, 11) is 1.68. The number of hydrogen-bond acceptors (Lipinski definition) is 3. The van der Waals surface area contributed by atoms with Gasteiger partial charge in [-0.3, -0.25) is 0 Å². The van der Waals surface area contributed by atoms with Crippen molar-refractivity contribution in [1.29, 1.82) is 0 Å². The molecule has 0 aromatic carbocycles. The molecule has 0 aromatic heterocycles. The standard InChI is InChI=1S/C9H18N2O3/c1-14-6-2-4-10-8-3-5-11(7-8)9(12)13/h8,10H,2-7H2,1H3,(H,12,13)/t8-/m0/s1. The van der Waals surface area contributed by atoms with Crippen LogP contribution in [0.4, 0.5) is 4.79 Å². The van der Waals surface area contributed by atoms with Crippen molar-refractivity contribution in [3.05, 3.63) is 0 Å². The van der Waals surface area contributed by atoms with Crippen molar-refractivity contribution in [3.63, 3.8) is 0 Å². The average Bonchev–Trinajstić information content (AvgIpc) is 2.61. The van der Waals surface area contributed by atoms with Crippen LogP contribution in [-0.2, 0) is 4.74 Å². The molecule has 0 radical (unpaired) electrons. The third-order valence-corrected chi connectivity index (χ3v) is 2.42. The van der Waals surface area contributed by atoms with Crippen molar-refractivity contribution in [2.24, 2.45) is 0 Å². The lowest BCUT2D eigenvalue weighted by molar-refractivity contribution is 0.154. The van der Waals surface area contributed by atoms with Gasteiger partial charge in [-0.15, -0.1) is 0 Å². The lowest BCUT2D eigenvalue weighted by Crippen LogP contribution is -2.35. The van der Waals surface area contributed by atoms with E-state index in [9.17, 15) is 4.79 Å². The molecule has 2 N–H and O–H groups in total. The number of ether oxygens (including phenoxy) is 1. The van der Waals surface area contributed by atoms with Gasteiger partial charge in [0.05, 0.1) is 0 Å². The van der Waals surface area contributed by atoms with E-state index in [-0.39, 0.29) is 0 Å². The first-order valence-electron chi connectivity index (χ1n) is 4.94. The summed E-state index contributed by atoms with van der Waals surface area (Å²) in [5.74, 6) is 0. The molecule has 0 spiro atoms. The molecule has 5 heteroatoms. The Labute approximate surface area is 84.0 Å². The highest BCUT2D eigenvalue weighted by molar-refractivity contribution is 5.65. The van der Waals surface area contributed by atoms with Crippen molar-refractivity contribution >= 4 is 6.09 Å². The van der Waals surface area contributed by atoms with Crippen LogP contribution < -0.4 is 5.32 Å². The molecule has 1 atom stereocenters. The Bertz CT molecular complexity index is 187. The first-order chi connectivity index (χ1) is 6.74. The zero-order valence-corrected chi connectivity index (χ0v) is 8.53. The zero-order valence-electron chi connectivity index (χ0n) is 8.53. The van der Waals surface area contributed by atoms with Gasteiger partial charge in [-0.05, 0) is 19.4 Å². The minimum Gasteiger partial charge on any atom is -0.465 e. The summed E-state index contributed by atoms with van der Waals surface area (Å²) < 4.78 is 4.92. The number of carbonyl (C=O) groups is 1. The Kier molecular flexibility index (Phi) is 4.69. The highest BCUT2D eigenvalue weighted by atomic mass is 16.5. The van der Waals surface area contributed by atoms with E-state index >= 15 is 0 Å². The second kappa shape index (κ2) is 5.82. The van der Waals surface area contributed by atoms with E-state index in [1.807, 2.05) is 0 Å². The van der Waals surface area contributed by atoms with Gasteiger partial charge in [0.25, 0.3) is 0 Å². The van der Waals surface area contributed by atoms with E-state index in [2.05, 4.69) is 5.32 Å². The molecule has 0 bridgehead atoms. The number of carboxylic acid groups (broad SMARTS) is 1. The molecule has 5 nitrogen and oxygen atoms in total. The molecule has 0 unspecified atom stereocenters. The number of amides is 1. The highest BCUT2D eigenvalue weighted by Crippen LogP contribution is 2.08. The summed E-state index contributed by atoms with van der Waals surface area (Å²) in [6.07, 6.45) is 1.07. The molecule has 1 aliphatic rings. The minimum absolute atomic E-state index is 0.322. The largest absolute Gasteiger partial charge is 0.465 e. The topological polar surface area (TPSA) is 61.8 Å². The van der Waals surface area contributed by atoms with E-state index in [0.29, 0.717) is 19.1 Å². The van der Waals surface area contributed by atoms with Crippen molar-refractivity contribution in [3.8, 4) is 0 Å². The molecule has 14 heavy (non-hydrogen) atoms.